The van der Waals surface area contributed by atoms with Gasteiger partial charge in [0.1, 0.15) is 6.07 Å². The average molecular weight is 264 g/mol. The molecule has 1 fully saturated rings. The van der Waals surface area contributed by atoms with Gasteiger partial charge in [0, 0.05) is 18.0 Å². The maximum absolute atomic E-state index is 11.8. The Morgan fingerprint density at radius 3 is 2.83 bits per heavy atom. The second-order valence-corrected chi connectivity index (χ2v) is 4.52. The van der Waals surface area contributed by atoms with Crippen LogP contribution in [-0.4, -0.2) is 18.4 Å². The van der Waals surface area contributed by atoms with Crippen molar-refractivity contribution in [2.24, 2.45) is 11.7 Å². The number of halogens is 1. The van der Waals surface area contributed by atoms with Crippen LogP contribution in [0.2, 0.25) is 5.02 Å². The fraction of sp³-hybridized carbons (Fsp3) is 0.250. The molecule has 0 aliphatic carbocycles. The van der Waals surface area contributed by atoms with E-state index in [0.717, 1.165) is 0 Å². The summed E-state index contributed by atoms with van der Waals surface area (Å²) < 4.78 is 0. The minimum Gasteiger partial charge on any atom is -0.369 e. The standard InChI is InChI=1S/C12H10ClN3O2/c13-9-2-1-7(5-14)10(4-9)16-6-8(12(15)18)3-11(16)17/h1-2,4,8H,3,6H2,(H2,15,18). The summed E-state index contributed by atoms with van der Waals surface area (Å²) in [6.45, 7) is 0.198. The molecule has 0 bridgehead atoms. The summed E-state index contributed by atoms with van der Waals surface area (Å²) in [5, 5.41) is 9.44. The Morgan fingerprint density at radius 1 is 1.56 bits per heavy atom. The second-order valence-electron chi connectivity index (χ2n) is 4.08. The first-order valence-corrected chi connectivity index (χ1v) is 5.70. The largest absolute Gasteiger partial charge is 0.369 e. The lowest BCUT2D eigenvalue weighted by atomic mass is 10.1. The van der Waals surface area contributed by atoms with Crippen molar-refractivity contribution >= 4 is 29.1 Å². The number of carbonyl (C=O) groups excluding carboxylic acids is 2. The second kappa shape index (κ2) is 4.67. The molecule has 18 heavy (non-hydrogen) atoms. The Morgan fingerprint density at radius 2 is 2.28 bits per heavy atom. The van der Waals surface area contributed by atoms with Gasteiger partial charge in [0.2, 0.25) is 11.8 Å². The number of carbonyl (C=O) groups is 2. The predicted molar refractivity (Wildman–Crippen MR) is 65.8 cm³/mol. The smallest absolute Gasteiger partial charge is 0.227 e. The van der Waals surface area contributed by atoms with Gasteiger partial charge in [0.15, 0.2) is 0 Å². The van der Waals surface area contributed by atoms with Crippen molar-refractivity contribution in [3.05, 3.63) is 28.8 Å². The molecular formula is C12H10ClN3O2. The zero-order valence-electron chi connectivity index (χ0n) is 9.39. The average Bonchev–Trinajstić information content (AvgIpc) is 2.71. The first kappa shape index (κ1) is 12.4. The van der Waals surface area contributed by atoms with Crippen molar-refractivity contribution in [2.75, 3.05) is 11.4 Å². The summed E-state index contributed by atoms with van der Waals surface area (Å²) in [4.78, 5) is 24.3. The molecular weight excluding hydrogens is 254 g/mol. The molecule has 0 radical (unpaired) electrons. The van der Waals surface area contributed by atoms with Crippen molar-refractivity contribution in [3.63, 3.8) is 0 Å². The van der Waals surface area contributed by atoms with Gasteiger partial charge < -0.3 is 10.6 Å². The molecule has 0 aromatic heterocycles. The Kier molecular flexibility index (Phi) is 3.21. The van der Waals surface area contributed by atoms with Gasteiger partial charge in [-0.3, -0.25) is 9.59 Å². The van der Waals surface area contributed by atoms with Gasteiger partial charge in [-0.25, -0.2) is 0 Å². The van der Waals surface area contributed by atoms with Crippen LogP contribution in [0.5, 0.6) is 0 Å². The summed E-state index contributed by atoms with van der Waals surface area (Å²) >= 11 is 5.86. The summed E-state index contributed by atoms with van der Waals surface area (Å²) in [7, 11) is 0. The zero-order chi connectivity index (χ0) is 13.3. The minimum absolute atomic E-state index is 0.0761. The van der Waals surface area contributed by atoms with Crippen LogP contribution in [-0.2, 0) is 9.59 Å². The van der Waals surface area contributed by atoms with Gasteiger partial charge in [0.05, 0.1) is 17.2 Å². The minimum atomic E-state index is -0.511. The van der Waals surface area contributed by atoms with Crippen LogP contribution in [0, 0.1) is 17.2 Å². The lowest BCUT2D eigenvalue weighted by Gasteiger charge is -2.17. The van der Waals surface area contributed by atoms with Crippen LogP contribution in [0.4, 0.5) is 5.69 Å². The molecule has 1 aromatic carbocycles. The van der Waals surface area contributed by atoms with Crippen molar-refractivity contribution in [1.82, 2.24) is 0 Å². The molecule has 1 aromatic rings. The van der Waals surface area contributed by atoms with E-state index in [1.807, 2.05) is 6.07 Å². The summed E-state index contributed by atoms with van der Waals surface area (Å²) in [5.74, 6) is -1.24. The molecule has 2 N–H and O–H groups in total. The number of benzene rings is 1. The van der Waals surface area contributed by atoms with Gasteiger partial charge in [-0.1, -0.05) is 11.6 Å². The molecule has 0 saturated carbocycles. The molecule has 92 valence electrons. The van der Waals surface area contributed by atoms with Crippen molar-refractivity contribution in [2.45, 2.75) is 6.42 Å². The van der Waals surface area contributed by atoms with Crippen LogP contribution in [0.1, 0.15) is 12.0 Å². The molecule has 2 amide bonds. The third-order valence-corrected chi connectivity index (χ3v) is 3.13. The van der Waals surface area contributed by atoms with E-state index in [2.05, 4.69) is 0 Å². The molecule has 6 heteroatoms. The number of amides is 2. The molecule has 1 unspecified atom stereocenters. The third kappa shape index (κ3) is 2.15. The molecule has 2 rings (SSSR count). The molecule has 1 atom stereocenters. The van der Waals surface area contributed by atoms with E-state index in [1.165, 1.54) is 4.90 Å². The van der Waals surface area contributed by atoms with Crippen molar-refractivity contribution in [3.8, 4) is 6.07 Å². The van der Waals surface area contributed by atoms with Crippen LogP contribution < -0.4 is 10.6 Å². The molecule has 1 aliphatic heterocycles. The van der Waals surface area contributed by atoms with Crippen LogP contribution in [0.3, 0.4) is 0 Å². The molecule has 5 nitrogen and oxygen atoms in total. The van der Waals surface area contributed by atoms with E-state index in [-0.39, 0.29) is 18.9 Å². The van der Waals surface area contributed by atoms with Crippen LogP contribution in [0.15, 0.2) is 18.2 Å². The highest BCUT2D eigenvalue weighted by molar-refractivity contribution is 6.31. The number of nitrogens with two attached hydrogens (primary N) is 1. The van der Waals surface area contributed by atoms with Gasteiger partial charge in [-0.15, -0.1) is 0 Å². The van der Waals surface area contributed by atoms with Crippen LogP contribution in [0.25, 0.3) is 0 Å². The third-order valence-electron chi connectivity index (χ3n) is 2.90. The lowest BCUT2D eigenvalue weighted by Crippen LogP contribution is -2.28. The number of nitriles is 1. The Hall–Kier alpha value is -2.06. The maximum atomic E-state index is 11.8. The summed E-state index contributed by atoms with van der Waals surface area (Å²) in [6, 6.07) is 6.66. The number of anilines is 1. The number of hydrogen-bond acceptors (Lipinski definition) is 3. The first-order chi connectivity index (χ1) is 8.52. The van der Waals surface area contributed by atoms with E-state index >= 15 is 0 Å². The van der Waals surface area contributed by atoms with E-state index < -0.39 is 11.8 Å². The molecule has 0 spiro atoms. The Balaban J connectivity index is 2.38. The molecule has 1 aliphatic rings. The van der Waals surface area contributed by atoms with Gasteiger partial charge in [-0.2, -0.15) is 5.26 Å². The van der Waals surface area contributed by atoms with E-state index in [4.69, 9.17) is 22.6 Å². The fourth-order valence-electron chi connectivity index (χ4n) is 1.95. The number of rotatable bonds is 2. The quantitative estimate of drug-likeness (QED) is 0.865. The number of nitrogens with zero attached hydrogens (tertiary/aromatic N) is 2. The monoisotopic (exact) mass is 263 g/mol. The summed E-state index contributed by atoms with van der Waals surface area (Å²) in [5.41, 5.74) is 5.97. The highest BCUT2D eigenvalue weighted by Gasteiger charge is 2.34. The lowest BCUT2D eigenvalue weighted by molar-refractivity contribution is -0.123. The fourth-order valence-corrected chi connectivity index (χ4v) is 2.12. The highest BCUT2D eigenvalue weighted by Crippen LogP contribution is 2.30. The number of hydrogen-bond donors (Lipinski definition) is 1. The predicted octanol–water partition coefficient (Wildman–Crippen LogP) is 1.05. The first-order valence-electron chi connectivity index (χ1n) is 5.32. The molecule has 1 saturated heterocycles. The Labute approximate surface area is 109 Å². The SMILES string of the molecule is N#Cc1ccc(Cl)cc1N1CC(C(N)=O)CC1=O. The van der Waals surface area contributed by atoms with E-state index in [9.17, 15) is 9.59 Å². The zero-order valence-corrected chi connectivity index (χ0v) is 10.1. The summed E-state index contributed by atoms with van der Waals surface area (Å²) in [6.07, 6.45) is 0.0761. The van der Waals surface area contributed by atoms with Gasteiger partial charge in [0.25, 0.3) is 0 Å². The van der Waals surface area contributed by atoms with E-state index in [1.54, 1.807) is 18.2 Å². The topological polar surface area (TPSA) is 87.2 Å². The van der Waals surface area contributed by atoms with Crippen LogP contribution >= 0.6 is 11.6 Å². The van der Waals surface area contributed by atoms with Crippen molar-refractivity contribution < 1.29 is 9.59 Å². The normalized spacial score (nSPS) is 18.8. The Bertz CT molecular complexity index is 565. The highest BCUT2D eigenvalue weighted by atomic mass is 35.5. The molecule has 1 heterocycles. The van der Waals surface area contributed by atoms with E-state index in [0.29, 0.717) is 16.3 Å². The number of primary amides is 1. The van der Waals surface area contributed by atoms with Gasteiger partial charge >= 0.3 is 0 Å². The maximum Gasteiger partial charge on any atom is 0.227 e. The van der Waals surface area contributed by atoms with Crippen molar-refractivity contribution in [1.29, 1.82) is 5.26 Å². The van der Waals surface area contributed by atoms with Gasteiger partial charge in [-0.05, 0) is 18.2 Å².